The second-order valence-electron chi connectivity index (χ2n) is 3.65. The molecule has 0 bridgehead atoms. The molecule has 1 N–H and O–H groups in total. The van der Waals surface area contributed by atoms with Crippen LogP contribution in [0.25, 0.3) is 5.57 Å². The number of hydrogen-bond acceptors (Lipinski definition) is 3. The largest absolute Gasteiger partial charge is 0.380 e. The second kappa shape index (κ2) is 3.73. The van der Waals surface area contributed by atoms with Crippen LogP contribution < -0.4 is 5.32 Å². The van der Waals surface area contributed by atoms with Crippen LogP contribution in [-0.4, -0.2) is 18.0 Å². The van der Waals surface area contributed by atoms with Crippen molar-refractivity contribution in [3.05, 3.63) is 45.5 Å². The number of nitro groups is 1. The molecular weight excluding hydrogens is 192 g/mol. The monoisotopic (exact) mass is 204 g/mol. The third kappa shape index (κ3) is 1.98. The first-order chi connectivity index (χ1) is 7.16. The van der Waals surface area contributed by atoms with Crippen molar-refractivity contribution >= 4 is 11.3 Å². The van der Waals surface area contributed by atoms with Gasteiger partial charge in [-0.05, 0) is 30.2 Å². The third-order valence-corrected chi connectivity index (χ3v) is 2.48. The van der Waals surface area contributed by atoms with E-state index in [1.54, 1.807) is 6.08 Å². The van der Waals surface area contributed by atoms with Crippen molar-refractivity contribution < 1.29 is 4.92 Å². The lowest BCUT2D eigenvalue weighted by atomic mass is 10.1. The zero-order valence-electron chi connectivity index (χ0n) is 8.49. The molecule has 0 radical (unpaired) electrons. The van der Waals surface area contributed by atoms with Gasteiger partial charge < -0.3 is 5.32 Å². The van der Waals surface area contributed by atoms with Gasteiger partial charge in [0.25, 0.3) is 0 Å². The van der Waals surface area contributed by atoms with Crippen molar-refractivity contribution in [3.8, 4) is 0 Å². The van der Waals surface area contributed by atoms with E-state index in [-0.39, 0.29) is 11.5 Å². The summed E-state index contributed by atoms with van der Waals surface area (Å²) in [4.78, 5) is 9.94. The van der Waals surface area contributed by atoms with Crippen molar-refractivity contribution in [1.82, 2.24) is 0 Å². The molecule has 0 fully saturated rings. The van der Waals surface area contributed by atoms with Gasteiger partial charge in [-0.25, -0.2) is 0 Å². The van der Waals surface area contributed by atoms with Crippen molar-refractivity contribution in [2.75, 3.05) is 18.4 Å². The zero-order valence-corrected chi connectivity index (χ0v) is 8.49. The van der Waals surface area contributed by atoms with E-state index in [2.05, 4.69) is 11.4 Å². The van der Waals surface area contributed by atoms with Gasteiger partial charge in [-0.15, -0.1) is 0 Å². The molecule has 0 aromatic heterocycles. The van der Waals surface area contributed by atoms with Gasteiger partial charge in [0.2, 0.25) is 6.54 Å². The van der Waals surface area contributed by atoms with Crippen LogP contribution in [0.3, 0.4) is 0 Å². The molecule has 4 heteroatoms. The van der Waals surface area contributed by atoms with E-state index in [0.29, 0.717) is 6.54 Å². The van der Waals surface area contributed by atoms with Gasteiger partial charge in [0.05, 0.1) is 0 Å². The fraction of sp³-hybridized carbons (Fsp3) is 0.273. The minimum Gasteiger partial charge on any atom is -0.380 e. The summed E-state index contributed by atoms with van der Waals surface area (Å²) in [5, 5.41) is 13.5. The Labute approximate surface area is 87.8 Å². The Hall–Kier alpha value is -1.84. The van der Waals surface area contributed by atoms with Gasteiger partial charge in [0, 0.05) is 22.7 Å². The lowest BCUT2D eigenvalue weighted by Crippen LogP contribution is -1.99. The Bertz CT molecular complexity index is 438. The Morgan fingerprint density at radius 1 is 1.60 bits per heavy atom. The summed E-state index contributed by atoms with van der Waals surface area (Å²) < 4.78 is 0. The van der Waals surface area contributed by atoms with Gasteiger partial charge in [-0.2, -0.15) is 0 Å². The van der Waals surface area contributed by atoms with E-state index >= 15 is 0 Å². The zero-order chi connectivity index (χ0) is 10.8. The van der Waals surface area contributed by atoms with E-state index in [1.807, 2.05) is 19.1 Å². The average molecular weight is 204 g/mol. The SMILES string of the molecule is Cc1ccc2c(c1)NCC2=CC[N+](=O)[O-]. The number of rotatable bonds is 2. The smallest absolute Gasteiger partial charge is 0.222 e. The average Bonchev–Trinajstić information content (AvgIpc) is 2.57. The number of nitrogens with one attached hydrogen (secondary N) is 1. The lowest BCUT2D eigenvalue weighted by molar-refractivity contribution is -0.468. The van der Waals surface area contributed by atoms with E-state index in [0.717, 1.165) is 16.8 Å². The fourth-order valence-corrected chi connectivity index (χ4v) is 1.74. The molecule has 0 saturated heterocycles. The summed E-state index contributed by atoms with van der Waals surface area (Å²) in [6.45, 7) is 2.61. The standard InChI is InChI=1S/C11H12N2O2/c1-8-2-3-10-9(4-5-13(14)15)7-12-11(10)6-8/h2-4,6,12H,5,7H2,1H3. The quantitative estimate of drug-likeness (QED) is 0.592. The normalized spacial score (nSPS) is 16.2. The predicted octanol–water partition coefficient (Wildman–Crippen LogP) is 2.08. The second-order valence-corrected chi connectivity index (χ2v) is 3.65. The van der Waals surface area contributed by atoms with E-state index < -0.39 is 0 Å². The molecule has 15 heavy (non-hydrogen) atoms. The van der Waals surface area contributed by atoms with Crippen molar-refractivity contribution in [1.29, 1.82) is 0 Å². The summed E-state index contributed by atoms with van der Waals surface area (Å²) in [7, 11) is 0. The molecule has 78 valence electrons. The number of benzene rings is 1. The van der Waals surface area contributed by atoms with E-state index in [9.17, 15) is 10.1 Å². The number of hydrogen-bond donors (Lipinski definition) is 1. The van der Waals surface area contributed by atoms with E-state index in [4.69, 9.17) is 0 Å². The van der Waals surface area contributed by atoms with Crippen molar-refractivity contribution in [2.24, 2.45) is 0 Å². The van der Waals surface area contributed by atoms with Crippen molar-refractivity contribution in [2.45, 2.75) is 6.92 Å². The molecule has 1 heterocycles. The summed E-state index contributed by atoms with van der Waals surface area (Å²) in [6, 6.07) is 6.09. The maximum atomic E-state index is 10.3. The number of aryl methyl sites for hydroxylation is 1. The van der Waals surface area contributed by atoms with Gasteiger partial charge in [-0.3, -0.25) is 10.1 Å². The molecule has 0 aliphatic carbocycles. The maximum absolute atomic E-state index is 10.3. The summed E-state index contributed by atoms with van der Waals surface area (Å²) >= 11 is 0. The Kier molecular flexibility index (Phi) is 2.41. The minimum absolute atomic E-state index is 0.107. The van der Waals surface area contributed by atoms with Crippen molar-refractivity contribution in [3.63, 3.8) is 0 Å². The third-order valence-electron chi connectivity index (χ3n) is 2.48. The van der Waals surface area contributed by atoms with Gasteiger partial charge in [-0.1, -0.05) is 12.1 Å². The maximum Gasteiger partial charge on any atom is 0.222 e. The molecule has 0 unspecified atom stereocenters. The Morgan fingerprint density at radius 3 is 3.13 bits per heavy atom. The Morgan fingerprint density at radius 2 is 2.40 bits per heavy atom. The first-order valence-corrected chi connectivity index (χ1v) is 4.82. The predicted molar refractivity (Wildman–Crippen MR) is 59.5 cm³/mol. The molecule has 1 aliphatic heterocycles. The van der Waals surface area contributed by atoms with Gasteiger partial charge in [0.1, 0.15) is 0 Å². The minimum atomic E-state index is -0.320. The molecule has 1 aromatic carbocycles. The first kappa shape index (κ1) is 9.71. The molecule has 0 atom stereocenters. The first-order valence-electron chi connectivity index (χ1n) is 4.82. The van der Waals surface area contributed by atoms with Crippen LogP contribution in [0.4, 0.5) is 5.69 Å². The van der Waals surface area contributed by atoms with Crippen LogP contribution in [0, 0.1) is 17.0 Å². The summed E-state index contributed by atoms with van der Waals surface area (Å²) in [5.74, 6) is 0. The molecule has 0 saturated carbocycles. The number of fused-ring (bicyclic) bond motifs is 1. The molecule has 1 aromatic rings. The fourth-order valence-electron chi connectivity index (χ4n) is 1.74. The highest BCUT2D eigenvalue weighted by Crippen LogP contribution is 2.30. The molecule has 1 aliphatic rings. The molecular formula is C11H12N2O2. The highest BCUT2D eigenvalue weighted by molar-refractivity contribution is 5.84. The van der Waals surface area contributed by atoms with Gasteiger partial charge >= 0.3 is 0 Å². The summed E-state index contributed by atoms with van der Waals surface area (Å²) in [5.41, 5.74) is 4.37. The van der Waals surface area contributed by atoms with Crippen LogP contribution in [0.5, 0.6) is 0 Å². The van der Waals surface area contributed by atoms with Crippen LogP contribution >= 0.6 is 0 Å². The van der Waals surface area contributed by atoms with Crippen LogP contribution in [0.1, 0.15) is 11.1 Å². The van der Waals surface area contributed by atoms with Crippen LogP contribution in [0.2, 0.25) is 0 Å². The van der Waals surface area contributed by atoms with E-state index in [1.165, 1.54) is 5.56 Å². The molecule has 0 amide bonds. The van der Waals surface area contributed by atoms with Gasteiger partial charge in [0.15, 0.2) is 0 Å². The van der Waals surface area contributed by atoms with Crippen LogP contribution in [-0.2, 0) is 0 Å². The number of anilines is 1. The topological polar surface area (TPSA) is 55.2 Å². The molecule has 4 nitrogen and oxygen atoms in total. The molecule has 0 spiro atoms. The van der Waals surface area contributed by atoms with Crippen LogP contribution in [0.15, 0.2) is 24.3 Å². The lowest BCUT2D eigenvalue weighted by Gasteiger charge is -1.99. The summed E-state index contributed by atoms with van der Waals surface area (Å²) in [6.07, 6.45) is 1.67. The highest BCUT2D eigenvalue weighted by atomic mass is 16.6. The number of nitrogens with zero attached hydrogens (tertiary/aromatic N) is 1. The Balaban J connectivity index is 2.28. The highest BCUT2D eigenvalue weighted by Gasteiger charge is 2.15. The molecule has 2 rings (SSSR count).